The fourth-order valence-electron chi connectivity index (χ4n) is 2.75. The number of rotatable bonds is 7. The van der Waals surface area contributed by atoms with Gasteiger partial charge in [-0.05, 0) is 67.2 Å². The van der Waals surface area contributed by atoms with Gasteiger partial charge in [0.05, 0.1) is 12.8 Å². The standard InChI is InChI=1S/C22H22N2O5S/c1-14-4-3-5-16(10-14)28-13-21(26)24-22(30)23-18-11-15(6-8-20(18)27-2)19-9-7-17(12-25)29-19/h3-11,25H,12-13H2,1-2H3,(H2,23,24,26,30). The van der Waals surface area contributed by atoms with E-state index in [0.29, 0.717) is 28.7 Å². The van der Waals surface area contributed by atoms with Gasteiger partial charge in [-0.25, -0.2) is 0 Å². The number of anilines is 1. The Morgan fingerprint density at radius 3 is 2.70 bits per heavy atom. The number of methoxy groups -OCH3 is 1. The van der Waals surface area contributed by atoms with Gasteiger partial charge >= 0.3 is 0 Å². The number of thiocarbonyl (C=S) groups is 1. The highest BCUT2D eigenvalue weighted by Crippen LogP contribution is 2.31. The van der Waals surface area contributed by atoms with Crippen LogP contribution in [0, 0.1) is 6.92 Å². The van der Waals surface area contributed by atoms with Gasteiger partial charge in [0.15, 0.2) is 11.7 Å². The predicted octanol–water partition coefficient (Wildman–Crippen LogP) is 3.65. The Hall–Kier alpha value is -3.36. The number of benzene rings is 2. The molecule has 30 heavy (non-hydrogen) atoms. The number of nitrogens with one attached hydrogen (secondary N) is 2. The van der Waals surface area contributed by atoms with Crippen molar-refractivity contribution in [3.63, 3.8) is 0 Å². The van der Waals surface area contributed by atoms with Crippen LogP contribution in [-0.2, 0) is 11.4 Å². The van der Waals surface area contributed by atoms with Crippen LogP contribution in [0.2, 0.25) is 0 Å². The molecule has 2 aromatic carbocycles. The summed E-state index contributed by atoms with van der Waals surface area (Å²) < 4.78 is 16.4. The van der Waals surface area contributed by atoms with Crippen molar-refractivity contribution >= 4 is 28.9 Å². The highest BCUT2D eigenvalue weighted by atomic mass is 32.1. The number of amides is 1. The number of aryl methyl sites for hydroxylation is 1. The van der Waals surface area contributed by atoms with Crippen molar-refractivity contribution in [3.05, 3.63) is 65.9 Å². The van der Waals surface area contributed by atoms with E-state index >= 15 is 0 Å². The number of ether oxygens (including phenoxy) is 2. The van der Waals surface area contributed by atoms with Crippen molar-refractivity contribution < 1.29 is 23.8 Å². The smallest absolute Gasteiger partial charge is 0.264 e. The van der Waals surface area contributed by atoms with Crippen LogP contribution in [0.1, 0.15) is 11.3 Å². The molecule has 1 aromatic heterocycles. The molecule has 0 aliphatic rings. The molecule has 0 saturated carbocycles. The van der Waals surface area contributed by atoms with Crippen LogP contribution >= 0.6 is 12.2 Å². The Balaban J connectivity index is 1.63. The molecule has 0 atom stereocenters. The molecule has 7 nitrogen and oxygen atoms in total. The molecule has 0 fully saturated rings. The second kappa shape index (κ2) is 9.91. The summed E-state index contributed by atoms with van der Waals surface area (Å²) in [7, 11) is 1.54. The van der Waals surface area contributed by atoms with Gasteiger partial charge in [0.25, 0.3) is 5.91 Å². The SMILES string of the molecule is COc1ccc(-c2ccc(CO)o2)cc1NC(=S)NC(=O)COc1cccc(C)c1. The van der Waals surface area contributed by atoms with Crippen molar-refractivity contribution in [2.45, 2.75) is 13.5 Å². The minimum atomic E-state index is -0.386. The summed E-state index contributed by atoms with van der Waals surface area (Å²) in [6.45, 7) is 1.60. The second-order valence-corrected chi connectivity index (χ2v) is 6.85. The lowest BCUT2D eigenvalue weighted by Crippen LogP contribution is -2.37. The maximum atomic E-state index is 12.1. The fraction of sp³-hybridized carbons (Fsp3) is 0.182. The zero-order chi connectivity index (χ0) is 21.5. The van der Waals surface area contributed by atoms with Gasteiger partial charge in [0, 0.05) is 5.56 Å². The molecule has 156 valence electrons. The topological polar surface area (TPSA) is 93.0 Å². The van der Waals surface area contributed by atoms with E-state index in [0.717, 1.165) is 11.1 Å². The first kappa shape index (κ1) is 21.4. The average Bonchev–Trinajstić information content (AvgIpc) is 3.21. The summed E-state index contributed by atoms with van der Waals surface area (Å²) in [5.41, 5.74) is 2.36. The zero-order valence-electron chi connectivity index (χ0n) is 16.6. The van der Waals surface area contributed by atoms with Crippen LogP contribution in [0.5, 0.6) is 11.5 Å². The Labute approximate surface area is 179 Å². The summed E-state index contributed by atoms with van der Waals surface area (Å²) in [6, 6.07) is 16.2. The summed E-state index contributed by atoms with van der Waals surface area (Å²) in [4.78, 5) is 12.1. The monoisotopic (exact) mass is 426 g/mol. The molecular formula is C22H22N2O5S. The van der Waals surface area contributed by atoms with Crippen LogP contribution < -0.4 is 20.1 Å². The number of carbonyl (C=O) groups is 1. The summed E-state index contributed by atoms with van der Waals surface area (Å²) in [5, 5.41) is 14.8. The molecule has 3 rings (SSSR count). The van der Waals surface area contributed by atoms with Gasteiger partial charge in [0.1, 0.15) is 29.6 Å². The quantitative estimate of drug-likeness (QED) is 0.497. The zero-order valence-corrected chi connectivity index (χ0v) is 17.4. The van der Waals surface area contributed by atoms with Gasteiger partial charge in [-0.1, -0.05) is 12.1 Å². The van der Waals surface area contributed by atoms with Crippen LogP contribution in [0.25, 0.3) is 11.3 Å². The molecule has 0 unspecified atom stereocenters. The van der Waals surface area contributed by atoms with Crippen molar-refractivity contribution in [3.8, 4) is 22.8 Å². The summed E-state index contributed by atoms with van der Waals surface area (Å²) >= 11 is 5.24. The summed E-state index contributed by atoms with van der Waals surface area (Å²) in [6.07, 6.45) is 0. The first-order valence-electron chi connectivity index (χ1n) is 9.17. The molecule has 0 bridgehead atoms. The molecule has 8 heteroatoms. The molecular weight excluding hydrogens is 404 g/mol. The van der Waals surface area contributed by atoms with Crippen molar-refractivity contribution in [1.29, 1.82) is 0 Å². The summed E-state index contributed by atoms with van der Waals surface area (Å²) in [5.74, 6) is 1.82. The third-order valence-corrected chi connectivity index (χ3v) is 4.37. The van der Waals surface area contributed by atoms with Crippen molar-refractivity contribution in [1.82, 2.24) is 5.32 Å². The largest absolute Gasteiger partial charge is 0.495 e. The molecule has 0 radical (unpaired) electrons. The first-order chi connectivity index (χ1) is 14.5. The Bertz CT molecular complexity index is 1050. The van der Waals surface area contributed by atoms with Crippen LogP contribution in [-0.4, -0.2) is 29.8 Å². The van der Waals surface area contributed by atoms with Gasteiger partial charge in [-0.15, -0.1) is 0 Å². The van der Waals surface area contributed by atoms with E-state index < -0.39 is 0 Å². The third kappa shape index (κ3) is 5.59. The Kier molecular flexibility index (Phi) is 7.05. The van der Waals surface area contributed by atoms with E-state index in [4.69, 9.17) is 26.1 Å². The van der Waals surface area contributed by atoms with E-state index in [-0.39, 0.29) is 24.2 Å². The lowest BCUT2D eigenvalue weighted by molar-refractivity contribution is -0.121. The molecule has 0 spiro atoms. The van der Waals surface area contributed by atoms with Gasteiger partial charge < -0.3 is 24.3 Å². The predicted molar refractivity (Wildman–Crippen MR) is 118 cm³/mol. The highest BCUT2D eigenvalue weighted by Gasteiger charge is 2.12. The molecule has 0 saturated heterocycles. The fourth-order valence-corrected chi connectivity index (χ4v) is 2.97. The van der Waals surface area contributed by atoms with Crippen molar-refractivity contribution in [2.75, 3.05) is 19.0 Å². The van der Waals surface area contributed by atoms with E-state index in [9.17, 15) is 9.90 Å². The maximum Gasteiger partial charge on any atom is 0.264 e. The molecule has 3 aromatic rings. The minimum Gasteiger partial charge on any atom is -0.495 e. The first-order valence-corrected chi connectivity index (χ1v) is 9.57. The molecule has 0 aliphatic heterocycles. The highest BCUT2D eigenvalue weighted by molar-refractivity contribution is 7.80. The van der Waals surface area contributed by atoms with E-state index in [1.807, 2.05) is 31.2 Å². The van der Waals surface area contributed by atoms with Crippen LogP contribution in [0.15, 0.2) is 59.0 Å². The third-order valence-electron chi connectivity index (χ3n) is 4.16. The second-order valence-electron chi connectivity index (χ2n) is 6.45. The molecule has 0 aliphatic carbocycles. The van der Waals surface area contributed by atoms with Gasteiger partial charge in [0.2, 0.25) is 0 Å². The normalized spacial score (nSPS) is 10.4. The van der Waals surface area contributed by atoms with Gasteiger partial charge in [-0.3, -0.25) is 10.1 Å². The lowest BCUT2D eigenvalue weighted by atomic mass is 10.1. The number of aliphatic hydroxyl groups excluding tert-OH is 1. The lowest BCUT2D eigenvalue weighted by Gasteiger charge is -2.14. The maximum absolute atomic E-state index is 12.1. The molecule has 3 N–H and O–H groups in total. The number of hydrogen-bond acceptors (Lipinski definition) is 6. The van der Waals surface area contributed by atoms with E-state index in [2.05, 4.69) is 10.6 Å². The molecule has 1 heterocycles. The number of furan rings is 1. The van der Waals surface area contributed by atoms with Crippen LogP contribution in [0.3, 0.4) is 0 Å². The Morgan fingerprint density at radius 1 is 1.17 bits per heavy atom. The van der Waals surface area contributed by atoms with Gasteiger partial charge in [-0.2, -0.15) is 0 Å². The average molecular weight is 426 g/mol. The van der Waals surface area contributed by atoms with E-state index in [1.165, 1.54) is 7.11 Å². The number of aliphatic hydroxyl groups is 1. The minimum absolute atomic E-state index is 0.110. The number of carbonyl (C=O) groups excluding carboxylic acids is 1. The Morgan fingerprint density at radius 2 is 2.00 bits per heavy atom. The van der Waals surface area contributed by atoms with E-state index in [1.54, 1.807) is 30.3 Å². The molecule has 1 amide bonds. The van der Waals surface area contributed by atoms with Crippen LogP contribution in [0.4, 0.5) is 5.69 Å². The number of hydrogen-bond donors (Lipinski definition) is 3. The van der Waals surface area contributed by atoms with Crippen molar-refractivity contribution in [2.24, 2.45) is 0 Å².